The zero-order valence-corrected chi connectivity index (χ0v) is 22.2. The maximum atomic E-state index is 15.1. The molecule has 2 N–H and O–H groups in total. The average Bonchev–Trinajstić information content (AvgIpc) is 3.38. The normalized spacial score (nSPS) is 22.4. The van der Waals surface area contributed by atoms with Gasteiger partial charge in [0.05, 0.1) is 22.6 Å². The van der Waals surface area contributed by atoms with Crippen molar-refractivity contribution in [3.63, 3.8) is 0 Å². The fourth-order valence-corrected chi connectivity index (χ4v) is 5.53. The molecule has 0 spiro atoms. The van der Waals surface area contributed by atoms with Crippen LogP contribution < -0.4 is 20.3 Å². The van der Waals surface area contributed by atoms with Crippen molar-refractivity contribution >= 4 is 38.4 Å². The number of benzene rings is 1. The molecule has 38 heavy (non-hydrogen) atoms. The number of hydrogen-bond acceptors (Lipinski definition) is 6. The summed E-state index contributed by atoms with van der Waals surface area (Å²) < 4.78 is 91.8. The van der Waals surface area contributed by atoms with Crippen LogP contribution in [0, 0.1) is 5.82 Å². The van der Waals surface area contributed by atoms with Gasteiger partial charge in [-0.3, -0.25) is 14.7 Å². The van der Waals surface area contributed by atoms with E-state index in [1.807, 2.05) is 4.90 Å². The number of fused-ring (bicyclic) bond motifs is 2. The van der Waals surface area contributed by atoms with Gasteiger partial charge in [0.15, 0.2) is 11.6 Å². The van der Waals surface area contributed by atoms with E-state index < -0.39 is 82.4 Å². The molecule has 3 heterocycles. The Morgan fingerprint density at radius 2 is 2.08 bits per heavy atom. The molecule has 15 heteroatoms. The minimum absolute atomic E-state index is 0.0226. The number of ether oxygens (including phenoxy) is 2. The maximum Gasteiger partial charge on any atom is 0.297 e. The van der Waals surface area contributed by atoms with Crippen molar-refractivity contribution < 1.29 is 35.8 Å². The van der Waals surface area contributed by atoms with Gasteiger partial charge in [0.2, 0.25) is 0 Å². The first-order valence-corrected chi connectivity index (χ1v) is 12.8. The molecule has 2 aromatic rings. The molecule has 0 radical (unpaired) electrons. The lowest BCUT2D eigenvalue weighted by Gasteiger charge is -2.30. The first-order valence-electron chi connectivity index (χ1n) is 11.7. The summed E-state index contributed by atoms with van der Waals surface area (Å²) in [4.78, 5) is 21.4. The van der Waals surface area contributed by atoms with Crippen molar-refractivity contribution in [2.24, 2.45) is 0 Å². The molecule has 2 saturated heterocycles. The summed E-state index contributed by atoms with van der Waals surface area (Å²) in [5, 5.41) is 1.38. The molecule has 1 aromatic heterocycles. The van der Waals surface area contributed by atoms with Crippen molar-refractivity contribution in [2.45, 2.75) is 49.9 Å². The predicted octanol–water partition coefficient (Wildman–Crippen LogP) is 4.86. The van der Waals surface area contributed by atoms with Gasteiger partial charge in [-0.15, -0.1) is 0 Å². The summed E-state index contributed by atoms with van der Waals surface area (Å²) in [6.07, 6.45) is -5.06. The van der Waals surface area contributed by atoms with Gasteiger partial charge in [0, 0.05) is 18.5 Å². The van der Waals surface area contributed by atoms with E-state index in [9.17, 15) is 26.7 Å². The van der Waals surface area contributed by atoms with Gasteiger partial charge in [-0.1, -0.05) is 18.2 Å². The molecule has 0 saturated carbocycles. The minimum atomic E-state index is -3.05. The molecule has 7 nitrogen and oxygen atoms in total. The van der Waals surface area contributed by atoms with Crippen LogP contribution in [0.2, 0.25) is 5.02 Å². The molecule has 2 aliphatic heterocycles. The Kier molecular flexibility index (Phi) is 8.85. The van der Waals surface area contributed by atoms with Gasteiger partial charge >= 0.3 is 0 Å². The van der Waals surface area contributed by atoms with E-state index >= 15 is 4.39 Å². The molecule has 1 aromatic carbocycles. The second kappa shape index (κ2) is 11.6. The standard InChI is InChI=1S/C23H24BrClF6N4O3/c1-10(20(30)31)12(32-6-13(27)28)8-37-19-14-18(17(29)15(24)16(19)25)33-22(34-21(14)36)38-9-23-3-2-4-35(23)7-11(26)5-23/h11-13,20,32H,1-9H2,(H,33,34,36)/t11-,12?,23+/m1/s1. The molecule has 210 valence electrons. The number of aromatic amines is 1. The monoisotopic (exact) mass is 632 g/mol. The minimum Gasteiger partial charge on any atom is -0.489 e. The summed E-state index contributed by atoms with van der Waals surface area (Å²) in [6, 6.07) is -1.75. The van der Waals surface area contributed by atoms with Crippen molar-refractivity contribution in [1.82, 2.24) is 20.2 Å². The van der Waals surface area contributed by atoms with Crippen LogP contribution in [-0.4, -0.2) is 78.3 Å². The Morgan fingerprint density at radius 3 is 2.76 bits per heavy atom. The van der Waals surface area contributed by atoms with Crippen molar-refractivity contribution in [2.75, 3.05) is 32.8 Å². The van der Waals surface area contributed by atoms with E-state index in [4.69, 9.17) is 21.1 Å². The second-order valence-corrected chi connectivity index (χ2v) is 10.4. The summed E-state index contributed by atoms with van der Waals surface area (Å²) in [5.74, 6) is -1.42. The van der Waals surface area contributed by atoms with Crippen LogP contribution in [0.15, 0.2) is 21.4 Å². The lowest BCUT2D eigenvalue weighted by Crippen LogP contribution is -2.43. The second-order valence-electron chi connectivity index (χ2n) is 9.27. The van der Waals surface area contributed by atoms with Crippen molar-refractivity contribution in [3.05, 3.63) is 37.8 Å². The molecule has 0 aliphatic carbocycles. The number of rotatable bonds is 11. The third-order valence-corrected chi connectivity index (χ3v) is 8.13. The van der Waals surface area contributed by atoms with Crippen LogP contribution in [-0.2, 0) is 0 Å². The predicted molar refractivity (Wildman–Crippen MR) is 132 cm³/mol. The third kappa shape index (κ3) is 5.77. The summed E-state index contributed by atoms with van der Waals surface area (Å²) in [6.45, 7) is 2.64. The van der Waals surface area contributed by atoms with E-state index in [1.165, 1.54) is 0 Å². The quantitative estimate of drug-likeness (QED) is 0.209. The smallest absolute Gasteiger partial charge is 0.297 e. The lowest BCUT2D eigenvalue weighted by atomic mass is 9.95. The Bertz CT molecular complexity index is 1270. The zero-order valence-electron chi connectivity index (χ0n) is 19.8. The third-order valence-electron chi connectivity index (χ3n) is 6.80. The molecule has 0 amide bonds. The Balaban J connectivity index is 1.63. The van der Waals surface area contributed by atoms with Crippen LogP contribution >= 0.6 is 27.5 Å². The van der Waals surface area contributed by atoms with Gasteiger partial charge in [-0.25, -0.2) is 26.3 Å². The highest BCUT2D eigenvalue weighted by atomic mass is 79.9. The van der Waals surface area contributed by atoms with Crippen LogP contribution in [0.5, 0.6) is 11.8 Å². The molecule has 1 unspecified atom stereocenters. The molecular formula is C23H24BrClF6N4O3. The highest BCUT2D eigenvalue weighted by Gasteiger charge is 2.49. The number of hydrogen-bond donors (Lipinski definition) is 2. The van der Waals surface area contributed by atoms with Gasteiger partial charge in [-0.2, -0.15) is 4.98 Å². The molecule has 2 aliphatic rings. The zero-order chi connectivity index (χ0) is 27.8. The average molecular weight is 634 g/mol. The van der Waals surface area contributed by atoms with Crippen LogP contribution in [0.25, 0.3) is 10.9 Å². The molecule has 0 bridgehead atoms. The largest absolute Gasteiger partial charge is 0.489 e. The number of aromatic nitrogens is 2. The van der Waals surface area contributed by atoms with E-state index in [0.29, 0.717) is 6.42 Å². The van der Waals surface area contributed by atoms with Crippen LogP contribution in [0.3, 0.4) is 0 Å². The lowest BCUT2D eigenvalue weighted by molar-refractivity contribution is 0.107. The van der Waals surface area contributed by atoms with E-state index in [-0.39, 0.29) is 30.1 Å². The van der Waals surface area contributed by atoms with Gasteiger partial charge in [0.1, 0.15) is 35.3 Å². The molecule has 2 fully saturated rings. The fourth-order valence-electron chi connectivity index (χ4n) is 4.93. The molecule has 4 rings (SSSR count). The topological polar surface area (TPSA) is 79.5 Å². The number of halogens is 8. The summed E-state index contributed by atoms with van der Waals surface area (Å²) in [5.41, 5.74) is -2.67. The van der Waals surface area contributed by atoms with E-state index in [0.717, 1.165) is 13.0 Å². The SMILES string of the molecule is C=C(C(F)F)C(COc1c(Cl)c(Br)c(F)c2nc(OC[C@@]34CCCN3C[C@H](F)C4)[nH]c(=O)c12)NCC(F)F. The highest BCUT2D eigenvalue weighted by Crippen LogP contribution is 2.42. The number of H-pyrrole nitrogens is 1. The number of nitrogens with zero attached hydrogens (tertiary/aromatic N) is 2. The summed E-state index contributed by atoms with van der Waals surface area (Å²) >= 11 is 9.15. The van der Waals surface area contributed by atoms with Gasteiger partial charge < -0.3 is 14.8 Å². The number of alkyl halides is 5. The Hall–Kier alpha value is -2.03. The van der Waals surface area contributed by atoms with Crippen LogP contribution in [0.4, 0.5) is 26.3 Å². The highest BCUT2D eigenvalue weighted by molar-refractivity contribution is 9.10. The molecular weight excluding hydrogens is 610 g/mol. The van der Waals surface area contributed by atoms with Gasteiger partial charge in [-0.05, 0) is 35.3 Å². The fraction of sp³-hybridized carbons (Fsp3) is 0.565. The first kappa shape index (κ1) is 29.0. The van der Waals surface area contributed by atoms with E-state index in [2.05, 4.69) is 37.8 Å². The Morgan fingerprint density at radius 1 is 1.34 bits per heavy atom. The van der Waals surface area contributed by atoms with E-state index in [1.54, 1.807) is 0 Å². The molecule has 3 atom stereocenters. The maximum absolute atomic E-state index is 15.1. The van der Waals surface area contributed by atoms with Crippen molar-refractivity contribution in [1.29, 1.82) is 0 Å². The van der Waals surface area contributed by atoms with Crippen molar-refractivity contribution in [3.8, 4) is 11.8 Å². The first-order chi connectivity index (χ1) is 17.9. The van der Waals surface area contributed by atoms with Crippen LogP contribution in [0.1, 0.15) is 19.3 Å². The number of nitrogens with one attached hydrogen (secondary N) is 2. The summed E-state index contributed by atoms with van der Waals surface area (Å²) in [7, 11) is 0. The van der Waals surface area contributed by atoms with Gasteiger partial charge in [0.25, 0.3) is 24.4 Å². The Labute approximate surface area is 226 Å².